The highest BCUT2D eigenvalue weighted by atomic mass is 35.5. The van der Waals surface area contributed by atoms with E-state index in [1.54, 1.807) is 0 Å². The Hall–Kier alpha value is 0.01000. The van der Waals surface area contributed by atoms with E-state index in [-0.39, 0.29) is 23.9 Å². The van der Waals surface area contributed by atoms with Crippen LogP contribution in [0.5, 0.6) is 0 Å². The predicted molar refractivity (Wildman–Crippen MR) is 95.5 cm³/mol. The number of rotatable bonds is 4. The van der Waals surface area contributed by atoms with E-state index in [2.05, 4.69) is 4.90 Å². The number of aliphatic hydroxyl groups excluding tert-OH is 1. The molecule has 2 aliphatic rings. The van der Waals surface area contributed by atoms with Crippen LogP contribution in [0, 0.1) is 0 Å². The lowest BCUT2D eigenvalue weighted by Gasteiger charge is -2.47. The second-order valence-electron chi connectivity index (χ2n) is 6.52. The molecule has 1 aliphatic heterocycles. The van der Waals surface area contributed by atoms with E-state index < -0.39 is 0 Å². The van der Waals surface area contributed by atoms with E-state index >= 15 is 0 Å². The largest absolute Gasteiger partial charge is 0.391 e. The quantitative estimate of drug-likeness (QED) is 0.838. The molecule has 22 heavy (non-hydrogen) atoms. The van der Waals surface area contributed by atoms with Gasteiger partial charge in [-0.3, -0.25) is 0 Å². The van der Waals surface area contributed by atoms with Crippen molar-refractivity contribution in [3.8, 4) is 0 Å². The summed E-state index contributed by atoms with van der Waals surface area (Å²) in [7, 11) is 0. The summed E-state index contributed by atoms with van der Waals surface area (Å²) in [5.74, 6) is 0. The van der Waals surface area contributed by atoms with Crippen molar-refractivity contribution < 1.29 is 5.11 Å². The summed E-state index contributed by atoms with van der Waals surface area (Å²) in [5, 5.41) is 12.0. The summed E-state index contributed by atoms with van der Waals surface area (Å²) >= 11 is 12.2. The topological polar surface area (TPSA) is 23.5 Å². The first-order valence-corrected chi connectivity index (χ1v) is 8.73. The van der Waals surface area contributed by atoms with Crippen LogP contribution in [0.4, 0.5) is 0 Å². The molecule has 1 atom stereocenters. The minimum absolute atomic E-state index is 0. The molecule has 2 nitrogen and oxygen atoms in total. The highest BCUT2D eigenvalue weighted by Gasteiger charge is 2.45. The summed E-state index contributed by atoms with van der Waals surface area (Å²) < 4.78 is 0. The maximum atomic E-state index is 10.9. The minimum atomic E-state index is -0.318. The van der Waals surface area contributed by atoms with Crippen molar-refractivity contribution in [3.05, 3.63) is 33.8 Å². The molecule has 3 rings (SSSR count). The molecule has 2 fully saturated rings. The second-order valence-corrected chi connectivity index (χ2v) is 7.33. The van der Waals surface area contributed by atoms with E-state index in [1.807, 2.05) is 18.2 Å². The Morgan fingerprint density at radius 1 is 1.05 bits per heavy atom. The fraction of sp³-hybridized carbons (Fsp3) is 0.647. The van der Waals surface area contributed by atoms with Gasteiger partial charge in [-0.15, -0.1) is 12.4 Å². The SMILES string of the molecule is Cl.O[C@H](CN1CCCCC1)C1(c2ccc(Cl)c(Cl)c2)CCC1. The molecule has 1 saturated heterocycles. The Labute approximate surface area is 149 Å². The normalized spacial score (nSPS) is 22.5. The fourth-order valence-electron chi connectivity index (χ4n) is 3.74. The van der Waals surface area contributed by atoms with E-state index in [4.69, 9.17) is 23.2 Å². The van der Waals surface area contributed by atoms with Crippen LogP contribution in [0.1, 0.15) is 44.1 Å². The standard InChI is InChI=1S/C17H23Cl2NO.ClH/c18-14-6-5-13(11-15(14)19)17(7-4-8-17)16(21)12-20-9-2-1-3-10-20;/h5-6,11,16,21H,1-4,7-10,12H2;1H/t16-;/m1./s1. The van der Waals surface area contributed by atoms with Crippen molar-refractivity contribution in [2.75, 3.05) is 19.6 Å². The summed E-state index contributed by atoms with van der Waals surface area (Å²) in [4.78, 5) is 2.41. The van der Waals surface area contributed by atoms with Gasteiger partial charge in [0.1, 0.15) is 0 Å². The Kier molecular flexibility index (Phi) is 6.44. The number of aliphatic hydroxyl groups is 1. The van der Waals surface area contributed by atoms with Crippen molar-refractivity contribution in [2.45, 2.75) is 50.0 Å². The summed E-state index contributed by atoms with van der Waals surface area (Å²) in [6.45, 7) is 3.02. The fourth-order valence-corrected chi connectivity index (χ4v) is 4.04. The molecule has 1 aliphatic carbocycles. The van der Waals surface area contributed by atoms with Gasteiger partial charge in [0.05, 0.1) is 16.1 Å². The Morgan fingerprint density at radius 3 is 2.27 bits per heavy atom. The van der Waals surface area contributed by atoms with Crippen LogP contribution in [-0.2, 0) is 5.41 Å². The number of nitrogens with zero attached hydrogens (tertiary/aromatic N) is 1. The van der Waals surface area contributed by atoms with E-state index in [9.17, 15) is 5.11 Å². The first kappa shape index (κ1) is 18.4. The van der Waals surface area contributed by atoms with Crippen LogP contribution in [0.3, 0.4) is 0 Å². The summed E-state index contributed by atoms with van der Waals surface area (Å²) in [6, 6.07) is 5.84. The maximum absolute atomic E-state index is 10.9. The van der Waals surface area contributed by atoms with Crippen LogP contribution >= 0.6 is 35.6 Å². The van der Waals surface area contributed by atoms with Crippen LogP contribution in [-0.4, -0.2) is 35.7 Å². The third-order valence-electron chi connectivity index (χ3n) is 5.26. The van der Waals surface area contributed by atoms with Crippen molar-refractivity contribution in [3.63, 3.8) is 0 Å². The number of benzene rings is 1. The molecule has 124 valence electrons. The molecule has 0 bridgehead atoms. The molecule has 1 N–H and O–H groups in total. The zero-order valence-corrected chi connectivity index (χ0v) is 15.1. The van der Waals surface area contributed by atoms with Gasteiger partial charge in [0.25, 0.3) is 0 Å². The average molecular weight is 365 g/mol. The lowest BCUT2D eigenvalue weighted by molar-refractivity contribution is -0.00125. The van der Waals surface area contributed by atoms with Crippen LogP contribution in [0.25, 0.3) is 0 Å². The third-order valence-corrected chi connectivity index (χ3v) is 6.00. The lowest BCUT2D eigenvalue weighted by atomic mass is 9.61. The smallest absolute Gasteiger partial charge is 0.0763 e. The third kappa shape index (κ3) is 3.57. The molecule has 0 unspecified atom stereocenters. The number of hydrogen-bond donors (Lipinski definition) is 1. The Bertz CT molecular complexity index is 499. The van der Waals surface area contributed by atoms with Gasteiger partial charge < -0.3 is 10.0 Å². The van der Waals surface area contributed by atoms with Crippen molar-refractivity contribution in [1.29, 1.82) is 0 Å². The van der Waals surface area contributed by atoms with Crippen LogP contribution in [0.2, 0.25) is 10.0 Å². The lowest BCUT2D eigenvalue weighted by Crippen LogP contribution is -2.51. The van der Waals surface area contributed by atoms with Gasteiger partial charge in [-0.05, 0) is 56.5 Å². The second kappa shape index (κ2) is 7.72. The molecule has 0 radical (unpaired) electrons. The molecular weight excluding hydrogens is 341 g/mol. The van der Waals surface area contributed by atoms with Gasteiger partial charge in [0, 0.05) is 12.0 Å². The number of piperidine rings is 1. The van der Waals surface area contributed by atoms with Crippen LogP contribution in [0.15, 0.2) is 18.2 Å². The number of β-amino-alcohol motifs (C(OH)–C–C–N with tert-alkyl or cyclic N) is 1. The van der Waals surface area contributed by atoms with E-state index in [0.29, 0.717) is 10.0 Å². The molecule has 0 aromatic heterocycles. The number of hydrogen-bond acceptors (Lipinski definition) is 2. The van der Waals surface area contributed by atoms with Gasteiger partial charge in [-0.2, -0.15) is 0 Å². The Balaban J connectivity index is 0.00000176. The van der Waals surface area contributed by atoms with Gasteiger partial charge in [0.2, 0.25) is 0 Å². The zero-order chi connectivity index (χ0) is 14.9. The molecule has 0 spiro atoms. The molecule has 0 amide bonds. The van der Waals surface area contributed by atoms with Crippen LogP contribution < -0.4 is 0 Å². The van der Waals surface area contributed by atoms with E-state index in [1.165, 1.54) is 25.7 Å². The summed E-state index contributed by atoms with van der Waals surface area (Å²) in [6.07, 6.45) is 6.78. The zero-order valence-electron chi connectivity index (χ0n) is 12.7. The summed E-state index contributed by atoms with van der Waals surface area (Å²) in [5.41, 5.74) is 1.03. The number of halogens is 3. The van der Waals surface area contributed by atoms with Crippen molar-refractivity contribution in [1.82, 2.24) is 4.90 Å². The highest BCUT2D eigenvalue weighted by molar-refractivity contribution is 6.42. The maximum Gasteiger partial charge on any atom is 0.0763 e. The molecule has 1 heterocycles. The molecule has 1 aromatic carbocycles. The molecular formula is C17H24Cl3NO. The predicted octanol–water partition coefficient (Wildman–Crippen LogP) is 4.68. The molecule has 1 aromatic rings. The van der Waals surface area contributed by atoms with E-state index in [0.717, 1.165) is 38.0 Å². The average Bonchev–Trinajstić information content (AvgIpc) is 2.42. The molecule has 1 saturated carbocycles. The monoisotopic (exact) mass is 363 g/mol. The Morgan fingerprint density at radius 2 is 1.73 bits per heavy atom. The van der Waals surface area contributed by atoms with Crippen molar-refractivity contribution >= 4 is 35.6 Å². The molecule has 5 heteroatoms. The van der Waals surface area contributed by atoms with Crippen molar-refractivity contribution in [2.24, 2.45) is 0 Å². The van der Waals surface area contributed by atoms with Gasteiger partial charge in [-0.1, -0.05) is 42.1 Å². The van der Waals surface area contributed by atoms with Gasteiger partial charge >= 0.3 is 0 Å². The van der Waals surface area contributed by atoms with Gasteiger partial charge in [0.15, 0.2) is 0 Å². The highest BCUT2D eigenvalue weighted by Crippen LogP contribution is 2.47. The first-order chi connectivity index (χ1) is 10.1. The first-order valence-electron chi connectivity index (χ1n) is 7.98. The number of likely N-dealkylation sites (tertiary alicyclic amines) is 1. The van der Waals surface area contributed by atoms with Gasteiger partial charge in [-0.25, -0.2) is 0 Å². The minimum Gasteiger partial charge on any atom is -0.391 e.